The second kappa shape index (κ2) is 10.4. The van der Waals surface area contributed by atoms with Crippen LogP contribution in [0.1, 0.15) is 5.69 Å². The molecule has 0 bridgehead atoms. The van der Waals surface area contributed by atoms with Crippen molar-refractivity contribution in [1.29, 1.82) is 0 Å². The maximum atomic E-state index is 12.5. The molecule has 0 aliphatic carbocycles. The minimum atomic E-state index is -0.116. The number of halogens is 2. The minimum absolute atomic E-state index is 0. The van der Waals surface area contributed by atoms with Crippen LogP contribution < -0.4 is 15.4 Å². The number of aromatic nitrogens is 2. The first-order valence-corrected chi connectivity index (χ1v) is 8.24. The number of nitrogens with one attached hydrogen (secondary N) is 2. The second-order valence-corrected chi connectivity index (χ2v) is 6.12. The lowest BCUT2D eigenvalue weighted by molar-refractivity contribution is 0.133. The van der Waals surface area contributed by atoms with Gasteiger partial charge < -0.3 is 15.0 Å². The van der Waals surface area contributed by atoms with E-state index in [1.807, 2.05) is 30.0 Å². The van der Waals surface area contributed by atoms with Gasteiger partial charge in [0.25, 0.3) is 0 Å². The molecular formula is C15H21Cl2N5O2S. The molecule has 2 amide bonds. The number of carbonyl (C=O) groups excluding carboxylic acids is 1. The predicted octanol–water partition coefficient (Wildman–Crippen LogP) is 2.57. The zero-order valence-corrected chi connectivity index (χ0v) is 16.1. The van der Waals surface area contributed by atoms with E-state index in [1.54, 1.807) is 12.4 Å². The average Bonchev–Trinajstić information content (AvgIpc) is 2.99. The SMILES string of the molecule is Cc1cc(NC(=O)N2CCNCC2COc2cccnc2)sn1.Cl.Cl. The Kier molecular flexibility index (Phi) is 8.91. The molecule has 2 aromatic heterocycles. The van der Waals surface area contributed by atoms with Gasteiger partial charge >= 0.3 is 6.03 Å². The predicted molar refractivity (Wildman–Crippen MR) is 103 cm³/mol. The van der Waals surface area contributed by atoms with Crippen molar-refractivity contribution in [3.63, 3.8) is 0 Å². The van der Waals surface area contributed by atoms with E-state index in [4.69, 9.17) is 4.74 Å². The highest BCUT2D eigenvalue weighted by atomic mass is 35.5. The summed E-state index contributed by atoms with van der Waals surface area (Å²) in [7, 11) is 0. The molecule has 3 heterocycles. The number of piperazine rings is 1. The van der Waals surface area contributed by atoms with Crippen molar-refractivity contribution in [2.24, 2.45) is 0 Å². The van der Waals surface area contributed by atoms with Gasteiger partial charge in [0, 0.05) is 25.8 Å². The highest BCUT2D eigenvalue weighted by Gasteiger charge is 2.27. The summed E-state index contributed by atoms with van der Waals surface area (Å²) in [4.78, 5) is 18.3. The van der Waals surface area contributed by atoms with Crippen molar-refractivity contribution in [1.82, 2.24) is 19.6 Å². The van der Waals surface area contributed by atoms with Crippen LogP contribution in [0.3, 0.4) is 0 Å². The number of hydrogen-bond donors (Lipinski definition) is 2. The van der Waals surface area contributed by atoms with E-state index in [0.29, 0.717) is 25.4 Å². The largest absolute Gasteiger partial charge is 0.490 e. The molecule has 10 heteroatoms. The number of pyridine rings is 1. The molecule has 1 atom stereocenters. The van der Waals surface area contributed by atoms with Gasteiger partial charge in [0.05, 0.1) is 17.9 Å². The van der Waals surface area contributed by atoms with E-state index in [0.717, 1.165) is 17.2 Å². The number of nitrogens with zero attached hydrogens (tertiary/aromatic N) is 3. The Morgan fingerprint density at radius 2 is 2.36 bits per heavy atom. The standard InChI is InChI=1S/C15H19N5O2S.2ClH/c1-11-7-14(23-19-11)18-15(21)20-6-5-17-8-12(20)10-22-13-3-2-4-16-9-13;;/h2-4,7,9,12,17H,5-6,8,10H2,1H3,(H,18,21);2*1H. The lowest BCUT2D eigenvalue weighted by Crippen LogP contribution is -2.57. The summed E-state index contributed by atoms with van der Waals surface area (Å²) in [5.41, 5.74) is 0.905. The van der Waals surface area contributed by atoms with E-state index in [-0.39, 0.29) is 36.9 Å². The third-order valence-corrected chi connectivity index (χ3v) is 4.34. The van der Waals surface area contributed by atoms with E-state index < -0.39 is 0 Å². The summed E-state index contributed by atoms with van der Waals surface area (Å²) in [5.74, 6) is 0.705. The fourth-order valence-electron chi connectivity index (χ4n) is 2.40. The Hall–Kier alpha value is -1.61. The normalized spacial score (nSPS) is 16.4. The Morgan fingerprint density at radius 1 is 1.52 bits per heavy atom. The summed E-state index contributed by atoms with van der Waals surface area (Å²) in [6, 6.07) is 5.40. The number of urea groups is 1. The fourth-order valence-corrected chi connectivity index (χ4v) is 3.05. The van der Waals surface area contributed by atoms with Crippen LogP contribution in [0, 0.1) is 6.92 Å². The first-order chi connectivity index (χ1) is 11.2. The molecule has 7 nitrogen and oxygen atoms in total. The van der Waals surface area contributed by atoms with Crippen LogP contribution in [-0.4, -0.2) is 52.6 Å². The summed E-state index contributed by atoms with van der Waals surface area (Å²) >= 11 is 1.29. The zero-order chi connectivity index (χ0) is 16.1. The number of carbonyl (C=O) groups is 1. The molecule has 1 fully saturated rings. The summed E-state index contributed by atoms with van der Waals surface area (Å²) in [6.07, 6.45) is 3.37. The molecule has 25 heavy (non-hydrogen) atoms. The molecule has 2 aromatic rings. The van der Waals surface area contributed by atoms with Crippen LogP contribution in [0.25, 0.3) is 0 Å². The van der Waals surface area contributed by atoms with Crippen LogP contribution in [0.4, 0.5) is 9.80 Å². The molecule has 1 aliphatic rings. The molecule has 0 aromatic carbocycles. The van der Waals surface area contributed by atoms with Crippen LogP contribution in [0.5, 0.6) is 5.75 Å². The zero-order valence-electron chi connectivity index (χ0n) is 13.7. The summed E-state index contributed by atoms with van der Waals surface area (Å²) in [6.45, 7) is 4.45. The van der Waals surface area contributed by atoms with Gasteiger partial charge in [-0.05, 0) is 36.7 Å². The molecule has 2 N–H and O–H groups in total. The molecule has 0 saturated carbocycles. The number of anilines is 1. The first-order valence-electron chi connectivity index (χ1n) is 7.47. The highest BCUT2D eigenvalue weighted by Crippen LogP contribution is 2.17. The van der Waals surface area contributed by atoms with Crippen molar-refractivity contribution >= 4 is 47.4 Å². The van der Waals surface area contributed by atoms with Gasteiger partial charge in [-0.3, -0.25) is 10.3 Å². The van der Waals surface area contributed by atoms with Gasteiger partial charge in [-0.1, -0.05) is 0 Å². The molecular weight excluding hydrogens is 385 g/mol. The lowest BCUT2D eigenvalue weighted by Gasteiger charge is -2.35. The number of rotatable bonds is 4. The smallest absolute Gasteiger partial charge is 0.322 e. The van der Waals surface area contributed by atoms with Crippen molar-refractivity contribution in [3.8, 4) is 5.75 Å². The number of aryl methyl sites for hydroxylation is 1. The molecule has 1 saturated heterocycles. The first kappa shape index (κ1) is 21.4. The van der Waals surface area contributed by atoms with Gasteiger partial charge in [0.2, 0.25) is 0 Å². The molecule has 138 valence electrons. The summed E-state index contributed by atoms with van der Waals surface area (Å²) in [5, 5.41) is 6.97. The molecule has 3 rings (SSSR count). The number of hydrogen-bond acceptors (Lipinski definition) is 6. The quantitative estimate of drug-likeness (QED) is 0.816. The van der Waals surface area contributed by atoms with Gasteiger partial charge in [0.15, 0.2) is 0 Å². The molecule has 1 aliphatic heterocycles. The molecule has 0 spiro atoms. The van der Waals surface area contributed by atoms with Gasteiger partial charge in [-0.25, -0.2) is 4.79 Å². The Bertz CT molecular complexity index is 658. The van der Waals surface area contributed by atoms with E-state index in [2.05, 4.69) is 20.0 Å². The van der Waals surface area contributed by atoms with E-state index in [1.165, 1.54) is 11.5 Å². The Labute approximate surface area is 163 Å². The maximum absolute atomic E-state index is 12.5. The van der Waals surface area contributed by atoms with Crippen molar-refractivity contribution in [2.75, 3.05) is 31.6 Å². The fraction of sp³-hybridized carbons (Fsp3) is 0.400. The van der Waals surface area contributed by atoms with Crippen LogP contribution in [0.2, 0.25) is 0 Å². The van der Waals surface area contributed by atoms with Crippen LogP contribution in [-0.2, 0) is 0 Å². The lowest BCUT2D eigenvalue weighted by atomic mass is 10.2. The third kappa shape index (κ3) is 6.00. The molecule has 0 radical (unpaired) electrons. The number of amides is 2. The van der Waals surface area contributed by atoms with Crippen molar-refractivity contribution in [2.45, 2.75) is 13.0 Å². The van der Waals surface area contributed by atoms with Crippen molar-refractivity contribution in [3.05, 3.63) is 36.3 Å². The Morgan fingerprint density at radius 3 is 3.04 bits per heavy atom. The molecule has 1 unspecified atom stereocenters. The monoisotopic (exact) mass is 405 g/mol. The Balaban J connectivity index is 0.00000156. The van der Waals surface area contributed by atoms with Gasteiger partial charge in [0.1, 0.15) is 17.4 Å². The van der Waals surface area contributed by atoms with Crippen LogP contribution in [0.15, 0.2) is 30.6 Å². The van der Waals surface area contributed by atoms with Crippen molar-refractivity contribution < 1.29 is 9.53 Å². The van der Waals surface area contributed by atoms with E-state index >= 15 is 0 Å². The van der Waals surface area contributed by atoms with E-state index in [9.17, 15) is 4.79 Å². The average molecular weight is 406 g/mol. The highest BCUT2D eigenvalue weighted by molar-refractivity contribution is 7.10. The third-order valence-electron chi connectivity index (χ3n) is 3.55. The maximum Gasteiger partial charge on any atom is 0.322 e. The van der Waals surface area contributed by atoms with Gasteiger partial charge in [-0.15, -0.1) is 24.8 Å². The second-order valence-electron chi connectivity index (χ2n) is 5.31. The summed E-state index contributed by atoms with van der Waals surface area (Å²) < 4.78 is 9.92. The number of ether oxygens (including phenoxy) is 1. The topological polar surface area (TPSA) is 79.4 Å². The van der Waals surface area contributed by atoms with Gasteiger partial charge in [-0.2, -0.15) is 4.37 Å². The minimum Gasteiger partial charge on any atom is -0.490 e. The van der Waals surface area contributed by atoms with Crippen LogP contribution >= 0.6 is 36.3 Å².